The summed E-state index contributed by atoms with van der Waals surface area (Å²) in [5, 5.41) is 0. The second kappa shape index (κ2) is 5.16. The highest BCUT2D eigenvalue weighted by molar-refractivity contribution is 5.89. The van der Waals surface area contributed by atoms with Gasteiger partial charge in [-0.3, -0.25) is 0 Å². The Hall–Kier alpha value is -2.29. The lowest BCUT2D eigenvalue weighted by Gasteiger charge is -1.99. The third-order valence-corrected chi connectivity index (χ3v) is 2.46. The van der Waals surface area contributed by atoms with Crippen molar-refractivity contribution in [3.8, 4) is 11.1 Å². The molecule has 1 heterocycles. The summed E-state index contributed by atoms with van der Waals surface area (Å²) in [5.41, 5.74) is 3.13. The van der Waals surface area contributed by atoms with Crippen LogP contribution in [0.15, 0.2) is 48.8 Å². The average molecular weight is 227 g/mol. The molecule has 3 heteroatoms. The monoisotopic (exact) mass is 227 g/mol. The number of H-pyrrole nitrogens is 1. The van der Waals surface area contributed by atoms with Crippen LogP contribution >= 0.6 is 0 Å². The molecule has 0 fully saturated rings. The van der Waals surface area contributed by atoms with Crippen molar-refractivity contribution in [3.05, 3.63) is 54.4 Å². The van der Waals surface area contributed by atoms with E-state index in [0.29, 0.717) is 0 Å². The molecular formula is C14H13NO2. The van der Waals surface area contributed by atoms with Crippen molar-refractivity contribution in [2.75, 3.05) is 7.11 Å². The van der Waals surface area contributed by atoms with Gasteiger partial charge in [0.05, 0.1) is 7.11 Å². The number of aromatic amines is 1. The van der Waals surface area contributed by atoms with Gasteiger partial charge in [-0.15, -0.1) is 0 Å². The van der Waals surface area contributed by atoms with E-state index in [-0.39, 0.29) is 5.97 Å². The van der Waals surface area contributed by atoms with Crippen LogP contribution in [0.25, 0.3) is 17.2 Å². The predicted molar refractivity (Wildman–Crippen MR) is 67.3 cm³/mol. The first-order chi connectivity index (χ1) is 8.31. The number of ether oxygens (including phenoxy) is 1. The van der Waals surface area contributed by atoms with Crippen molar-refractivity contribution in [2.45, 2.75) is 0 Å². The van der Waals surface area contributed by atoms with E-state index in [1.165, 1.54) is 13.2 Å². The SMILES string of the molecule is COC(=O)/C=C/c1c[nH]cc1-c1ccccc1. The molecule has 1 aromatic heterocycles. The van der Waals surface area contributed by atoms with Gasteiger partial charge in [0, 0.05) is 24.0 Å². The summed E-state index contributed by atoms with van der Waals surface area (Å²) in [4.78, 5) is 14.1. The number of methoxy groups -OCH3 is 1. The molecule has 0 atom stereocenters. The van der Waals surface area contributed by atoms with E-state index >= 15 is 0 Å². The minimum absolute atomic E-state index is 0.356. The van der Waals surface area contributed by atoms with E-state index in [1.807, 2.05) is 42.7 Å². The zero-order valence-corrected chi connectivity index (χ0v) is 9.51. The molecular weight excluding hydrogens is 214 g/mol. The standard InChI is InChI=1S/C14H13NO2/c1-17-14(16)8-7-12-9-15-10-13(12)11-5-3-2-4-6-11/h2-10,15H,1H3/b8-7+. The summed E-state index contributed by atoms with van der Waals surface area (Å²) < 4.78 is 4.56. The minimum atomic E-state index is -0.356. The number of carbonyl (C=O) groups excluding carboxylic acids is 1. The number of aromatic nitrogens is 1. The van der Waals surface area contributed by atoms with Crippen LogP contribution in [-0.2, 0) is 9.53 Å². The summed E-state index contributed by atoms with van der Waals surface area (Å²) in [5.74, 6) is -0.356. The molecule has 0 radical (unpaired) electrons. The number of nitrogens with one attached hydrogen (secondary N) is 1. The zero-order valence-electron chi connectivity index (χ0n) is 9.51. The predicted octanol–water partition coefficient (Wildman–Crippen LogP) is 2.87. The van der Waals surface area contributed by atoms with E-state index in [0.717, 1.165) is 16.7 Å². The summed E-state index contributed by atoms with van der Waals surface area (Å²) in [6.07, 6.45) is 6.91. The van der Waals surface area contributed by atoms with E-state index in [2.05, 4.69) is 9.72 Å². The van der Waals surface area contributed by atoms with E-state index in [1.54, 1.807) is 6.08 Å². The van der Waals surface area contributed by atoms with Gasteiger partial charge in [0.1, 0.15) is 0 Å². The molecule has 1 N–H and O–H groups in total. The Bertz CT molecular complexity index is 526. The topological polar surface area (TPSA) is 42.1 Å². The molecule has 17 heavy (non-hydrogen) atoms. The van der Waals surface area contributed by atoms with Crippen LogP contribution in [0.5, 0.6) is 0 Å². The molecule has 0 aliphatic rings. The van der Waals surface area contributed by atoms with Gasteiger partial charge < -0.3 is 9.72 Å². The largest absolute Gasteiger partial charge is 0.466 e. The highest BCUT2D eigenvalue weighted by Crippen LogP contribution is 2.23. The molecule has 2 aromatic rings. The van der Waals surface area contributed by atoms with E-state index in [9.17, 15) is 4.79 Å². The molecule has 0 saturated heterocycles. The fourth-order valence-electron chi connectivity index (χ4n) is 1.61. The molecule has 0 spiro atoms. The maximum absolute atomic E-state index is 11.0. The van der Waals surface area contributed by atoms with Gasteiger partial charge in [-0.1, -0.05) is 30.3 Å². The molecule has 3 nitrogen and oxygen atoms in total. The highest BCUT2D eigenvalue weighted by atomic mass is 16.5. The number of benzene rings is 1. The first-order valence-corrected chi connectivity index (χ1v) is 5.29. The van der Waals surface area contributed by atoms with Gasteiger partial charge >= 0.3 is 5.97 Å². The number of rotatable bonds is 3. The van der Waals surface area contributed by atoms with Crippen LogP contribution in [0.3, 0.4) is 0 Å². The molecule has 86 valence electrons. The van der Waals surface area contributed by atoms with Crippen LogP contribution < -0.4 is 0 Å². The van der Waals surface area contributed by atoms with Crippen molar-refractivity contribution >= 4 is 12.0 Å². The average Bonchev–Trinajstić information content (AvgIpc) is 2.85. The number of carbonyl (C=O) groups is 1. The fourth-order valence-corrected chi connectivity index (χ4v) is 1.61. The molecule has 0 unspecified atom stereocenters. The second-order valence-electron chi connectivity index (χ2n) is 3.55. The third-order valence-electron chi connectivity index (χ3n) is 2.46. The lowest BCUT2D eigenvalue weighted by atomic mass is 10.0. The van der Waals surface area contributed by atoms with Gasteiger partial charge in [-0.05, 0) is 17.2 Å². The van der Waals surface area contributed by atoms with Crippen LogP contribution in [0.1, 0.15) is 5.56 Å². The molecule has 0 amide bonds. The Morgan fingerprint density at radius 3 is 2.71 bits per heavy atom. The Balaban J connectivity index is 2.30. The van der Waals surface area contributed by atoms with E-state index < -0.39 is 0 Å². The summed E-state index contributed by atoms with van der Waals surface area (Å²) in [7, 11) is 1.36. The summed E-state index contributed by atoms with van der Waals surface area (Å²) in [6, 6.07) is 9.99. The zero-order chi connectivity index (χ0) is 12.1. The van der Waals surface area contributed by atoms with Crippen LogP contribution in [0.2, 0.25) is 0 Å². The minimum Gasteiger partial charge on any atom is -0.466 e. The molecule has 0 bridgehead atoms. The number of hydrogen-bond acceptors (Lipinski definition) is 2. The molecule has 0 aliphatic heterocycles. The van der Waals surface area contributed by atoms with Gasteiger partial charge in [-0.2, -0.15) is 0 Å². The lowest BCUT2D eigenvalue weighted by Crippen LogP contribution is -1.93. The van der Waals surface area contributed by atoms with Crippen LogP contribution in [0.4, 0.5) is 0 Å². The highest BCUT2D eigenvalue weighted by Gasteiger charge is 2.03. The normalized spacial score (nSPS) is 10.6. The summed E-state index contributed by atoms with van der Waals surface area (Å²) in [6.45, 7) is 0. The molecule has 0 aliphatic carbocycles. The second-order valence-corrected chi connectivity index (χ2v) is 3.55. The van der Waals surface area contributed by atoms with Crippen molar-refractivity contribution in [1.82, 2.24) is 4.98 Å². The van der Waals surface area contributed by atoms with Gasteiger partial charge in [-0.25, -0.2) is 4.79 Å². The number of hydrogen-bond donors (Lipinski definition) is 1. The van der Waals surface area contributed by atoms with Crippen molar-refractivity contribution < 1.29 is 9.53 Å². The Kier molecular flexibility index (Phi) is 3.40. The Labute approximate surface area is 99.7 Å². The molecule has 1 aromatic carbocycles. The van der Waals surface area contributed by atoms with Gasteiger partial charge in [0.2, 0.25) is 0 Å². The Morgan fingerprint density at radius 1 is 1.24 bits per heavy atom. The van der Waals surface area contributed by atoms with Crippen molar-refractivity contribution in [2.24, 2.45) is 0 Å². The first kappa shape index (κ1) is 11.2. The lowest BCUT2D eigenvalue weighted by molar-refractivity contribution is -0.134. The van der Waals surface area contributed by atoms with Gasteiger partial charge in [0.15, 0.2) is 0 Å². The van der Waals surface area contributed by atoms with Crippen molar-refractivity contribution in [1.29, 1.82) is 0 Å². The molecule has 0 saturated carbocycles. The summed E-state index contributed by atoms with van der Waals surface area (Å²) >= 11 is 0. The fraction of sp³-hybridized carbons (Fsp3) is 0.0714. The first-order valence-electron chi connectivity index (χ1n) is 5.29. The maximum Gasteiger partial charge on any atom is 0.330 e. The van der Waals surface area contributed by atoms with Crippen LogP contribution in [-0.4, -0.2) is 18.1 Å². The van der Waals surface area contributed by atoms with Gasteiger partial charge in [0.25, 0.3) is 0 Å². The smallest absolute Gasteiger partial charge is 0.330 e. The van der Waals surface area contributed by atoms with E-state index in [4.69, 9.17) is 0 Å². The third kappa shape index (κ3) is 2.64. The maximum atomic E-state index is 11.0. The number of esters is 1. The quantitative estimate of drug-likeness (QED) is 0.647. The molecule has 2 rings (SSSR count). The van der Waals surface area contributed by atoms with Crippen LogP contribution in [0, 0.1) is 0 Å². The Morgan fingerprint density at radius 2 is 2.00 bits per heavy atom. The van der Waals surface area contributed by atoms with Crippen molar-refractivity contribution in [3.63, 3.8) is 0 Å².